The van der Waals surface area contributed by atoms with Crippen molar-refractivity contribution in [3.05, 3.63) is 65.5 Å². The predicted molar refractivity (Wildman–Crippen MR) is 88.0 cm³/mol. The van der Waals surface area contributed by atoms with E-state index in [1.165, 1.54) is 11.6 Å². The first kappa shape index (κ1) is 15.6. The zero-order valence-corrected chi connectivity index (χ0v) is 13.3. The second kappa shape index (κ2) is 6.30. The van der Waals surface area contributed by atoms with Crippen molar-refractivity contribution in [3.8, 4) is 0 Å². The van der Waals surface area contributed by atoms with Crippen molar-refractivity contribution in [3.63, 3.8) is 0 Å². The predicted octanol–water partition coefficient (Wildman–Crippen LogP) is 5.72. The molecule has 0 heterocycles. The lowest BCUT2D eigenvalue weighted by molar-refractivity contribution is 0.352. The van der Waals surface area contributed by atoms with E-state index in [0.29, 0.717) is 5.69 Å². The van der Waals surface area contributed by atoms with Gasteiger partial charge in [0.15, 0.2) is 0 Å². The molecule has 0 aliphatic heterocycles. The van der Waals surface area contributed by atoms with E-state index in [1.54, 1.807) is 6.07 Å². The zero-order chi connectivity index (χ0) is 15.5. The van der Waals surface area contributed by atoms with Crippen molar-refractivity contribution >= 4 is 5.69 Å². The van der Waals surface area contributed by atoms with Crippen LogP contribution < -0.4 is 5.32 Å². The van der Waals surface area contributed by atoms with Crippen LogP contribution in [0.3, 0.4) is 0 Å². The number of rotatable bonds is 4. The number of hydrogen-bond acceptors (Lipinski definition) is 1. The summed E-state index contributed by atoms with van der Waals surface area (Å²) in [7, 11) is 0. The minimum absolute atomic E-state index is 0.0989. The number of benzene rings is 2. The lowest BCUT2D eigenvalue weighted by Gasteiger charge is -2.28. The molecule has 0 aliphatic carbocycles. The highest BCUT2D eigenvalue weighted by molar-refractivity contribution is 5.53. The molecule has 0 saturated carbocycles. The average molecular weight is 285 g/mol. The van der Waals surface area contributed by atoms with Crippen LogP contribution in [0.5, 0.6) is 0 Å². The van der Waals surface area contributed by atoms with Crippen molar-refractivity contribution in [1.29, 1.82) is 0 Å². The Bertz CT molecular complexity index is 564. The SMILES string of the molecule is Cc1cccc(F)c1NC(CC(C)(C)C)c1ccccc1. The van der Waals surface area contributed by atoms with Gasteiger partial charge in [0.1, 0.15) is 5.82 Å². The molecule has 1 N–H and O–H groups in total. The molecule has 1 nitrogen and oxygen atoms in total. The number of halogens is 1. The number of nitrogens with one attached hydrogen (secondary N) is 1. The molecular weight excluding hydrogens is 261 g/mol. The molecule has 1 atom stereocenters. The Morgan fingerprint density at radius 1 is 1.00 bits per heavy atom. The van der Waals surface area contributed by atoms with E-state index >= 15 is 0 Å². The third-order valence-electron chi connectivity index (χ3n) is 3.56. The summed E-state index contributed by atoms with van der Waals surface area (Å²) in [5.41, 5.74) is 2.89. The molecule has 2 rings (SSSR count). The number of hydrogen-bond donors (Lipinski definition) is 1. The van der Waals surface area contributed by atoms with Gasteiger partial charge in [-0.2, -0.15) is 0 Å². The molecular formula is C19H24FN. The molecule has 0 spiro atoms. The largest absolute Gasteiger partial charge is 0.376 e. The third kappa shape index (κ3) is 4.32. The highest BCUT2D eigenvalue weighted by atomic mass is 19.1. The van der Waals surface area contributed by atoms with E-state index in [1.807, 2.05) is 31.2 Å². The Hall–Kier alpha value is -1.83. The van der Waals surface area contributed by atoms with Gasteiger partial charge in [-0.3, -0.25) is 0 Å². The topological polar surface area (TPSA) is 12.0 Å². The molecule has 0 bridgehead atoms. The van der Waals surface area contributed by atoms with E-state index in [-0.39, 0.29) is 17.3 Å². The van der Waals surface area contributed by atoms with Crippen molar-refractivity contribution < 1.29 is 4.39 Å². The van der Waals surface area contributed by atoms with Gasteiger partial charge < -0.3 is 5.32 Å². The molecule has 0 fully saturated rings. The fraction of sp³-hybridized carbons (Fsp3) is 0.368. The average Bonchev–Trinajstić information content (AvgIpc) is 2.41. The normalized spacial score (nSPS) is 13.0. The van der Waals surface area contributed by atoms with E-state index in [0.717, 1.165) is 12.0 Å². The van der Waals surface area contributed by atoms with E-state index in [4.69, 9.17) is 0 Å². The van der Waals surface area contributed by atoms with Crippen LogP contribution in [0.4, 0.5) is 10.1 Å². The Morgan fingerprint density at radius 2 is 1.67 bits per heavy atom. The molecule has 0 aliphatic rings. The molecule has 112 valence electrons. The first-order chi connectivity index (χ1) is 9.87. The van der Waals surface area contributed by atoms with Crippen LogP contribution >= 0.6 is 0 Å². The lowest BCUT2D eigenvalue weighted by atomic mass is 9.85. The van der Waals surface area contributed by atoms with Gasteiger partial charge in [0, 0.05) is 0 Å². The van der Waals surface area contributed by atoms with Crippen LogP contribution in [0.15, 0.2) is 48.5 Å². The van der Waals surface area contributed by atoms with Crippen molar-refractivity contribution in [2.24, 2.45) is 5.41 Å². The van der Waals surface area contributed by atoms with Crippen molar-refractivity contribution in [2.45, 2.75) is 40.2 Å². The summed E-state index contributed by atoms with van der Waals surface area (Å²) < 4.78 is 14.1. The summed E-state index contributed by atoms with van der Waals surface area (Å²) in [6.07, 6.45) is 0.935. The molecule has 21 heavy (non-hydrogen) atoms. The maximum Gasteiger partial charge on any atom is 0.146 e. The molecule has 2 aromatic carbocycles. The minimum Gasteiger partial charge on any atom is -0.376 e. The van der Waals surface area contributed by atoms with Gasteiger partial charge in [0.05, 0.1) is 11.7 Å². The molecule has 0 aromatic heterocycles. The van der Waals surface area contributed by atoms with E-state index < -0.39 is 0 Å². The summed E-state index contributed by atoms with van der Waals surface area (Å²) >= 11 is 0. The van der Waals surface area contributed by atoms with Crippen molar-refractivity contribution in [2.75, 3.05) is 5.32 Å². The monoisotopic (exact) mass is 285 g/mol. The maximum absolute atomic E-state index is 14.1. The smallest absolute Gasteiger partial charge is 0.146 e. The van der Waals surface area contributed by atoms with Gasteiger partial charge in [-0.25, -0.2) is 4.39 Å². The number of para-hydroxylation sites is 1. The summed E-state index contributed by atoms with van der Waals surface area (Å²) in [6.45, 7) is 8.56. The second-order valence-electron chi connectivity index (χ2n) is 6.80. The Balaban J connectivity index is 2.33. The summed E-state index contributed by atoms with van der Waals surface area (Å²) in [6, 6.07) is 15.5. The highest BCUT2D eigenvalue weighted by Crippen LogP contribution is 2.33. The highest BCUT2D eigenvalue weighted by Gasteiger charge is 2.21. The fourth-order valence-electron chi connectivity index (χ4n) is 2.54. The first-order valence-corrected chi connectivity index (χ1v) is 7.43. The molecule has 2 heteroatoms. The molecule has 0 saturated heterocycles. The summed E-state index contributed by atoms with van der Waals surface area (Å²) in [5, 5.41) is 3.41. The van der Waals surface area contributed by atoms with Crippen LogP contribution in [-0.2, 0) is 0 Å². The Morgan fingerprint density at radius 3 is 2.24 bits per heavy atom. The van der Waals surface area contributed by atoms with Crippen LogP contribution in [0, 0.1) is 18.2 Å². The minimum atomic E-state index is -0.190. The van der Waals surface area contributed by atoms with E-state index in [9.17, 15) is 4.39 Å². The van der Waals surface area contributed by atoms with Crippen LogP contribution in [0.1, 0.15) is 44.4 Å². The Kier molecular flexibility index (Phi) is 4.66. The number of aryl methyl sites for hydroxylation is 1. The van der Waals surface area contributed by atoms with Crippen molar-refractivity contribution in [1.82, 2.24) is 0 Å². The summed E-state index contributed by atoms with van der Waals surface area (Å²) in [4.78, 5) is 0. The lowest BCUT2D eigenvalue weighted by Crippen LogP contribution is -2.19. The zero-order valence-electron chi connectivity index (χ0n) is 13.3. The maximum atomic E-state index is 14.1. The van der Waals surface area contributed by atoms with Gasteiger partial charge in [-0.1, -0.05) is 63.2 Å². The second-order valence-corrected chi connectivity index (χ2v) is 6.80. The van der Waals surface area contributed by atoms with E-state index in [2.05, 4.69) is 38.2 Å². The van der Waals surface area contributed by atoms with Crippen LogP contribution in [0.2, 0.25) is 0 Å². The van der Waals surface area contributed by atoms with Crippen LogP contribution in [0.25, 0.3) is 0 Å². The van der Waals surface area contributed by atoms with Gasteiger partial charge in [-0.05, 0) is 36.0 Å². The van der Waals surface area contributed by atoms with Gasteiger partial charge in [0.25, 0.3) is 0 Å². The first-order valence-electron chi connectivity index (χ1n) is 7.43. The summed E-state index contributed by atoms with van der Waals surface area (Å²) in [5.74, 6) is -0.190. The van der Waals surface area contributed by atoms with Gasteiger partial charge in [0.2, 0.25) is 0 Å². The molecule has 0 radical (unpaired) electrons. The molecule has 2 aromatic rings. The third-order valence-corrected chi connectivity index (χ3v) is 3.56. The van der Waals surface area contributed by atoms with Gasteiger partial charge >= 0.3 is 0 Å². The number of anilines is 1. The van der Waals surface area contributed by atoms with Gasteiger partial charge in [-0.15, -0.1) is 0 Å². The Labute approximate surface area is 127 Å². The standard InChI is InChI=1S/C19H24FN/c1-14-9-8-12-16(20)18(14)21-17(13-19(2,3)4)15-10-6-5-7-11-15/h5-12,17,21H,13H2,1-4H3. The molecule has 1 unspecified atom stereocenters. The quantitative estimate of drug-likeness (QED) is 0.757. The van der Waals surface area contributed by atoms with Crippen LogP contribution in [-0.4, -0.2) is 0 Å². The fourth-order valence-corrected chi connectivity index (χ4v) is 2.54. The molecule has 0 amide bonds.